The van der Waals surface area contributed by atoms with Gasteiger partial charge in [-0.05, 0) is 48.3 Å². The molecule has 326 valence electrons. The van der Waals surface area contributed by atoms with Crippen LogP contribution in [0.4, 0.5) is 0 Å². The van der Waals surface area contributed by atoms with E-state index in [9.17, 15) is 43.8 Å². The van der Waals surface area contributed by atoms with E-state index >= 15 is 0 Å². The first-order valence-corrected chi connectivity index (χ1v) is 19.6. The molecule has 2 rings (SSSR count). The number of nitrogens with one attached hydrogen (secondary N) is 7. The Kier molecular flexibility index (Phi) is 19.8. The highest BCUT2D eigenvalue weighted by Gasteiger charge is 2.36. The molecule has 0 unspecified atom stereocenters. The van der Waals surface area contributed by atoms with Crippen LogP contribution in [-0.2, 0) is 46.4 Å². The summed E-state index contributed by atoms with van der Waals surface area (Å²) in [7, 11) is 0. The summed E-state index contributed by atoms with van der Waals surface area (Å²) in [6, 6.07) is -1.34. The summed E-state index contributed by atoms with van der Waals surface area (Å²) in [6.45, 7) is 11.5. The number of aromatic nitrogens is 2. The second-order valence-corrected chi connectivity index (χ2v) is 15.1. The maximum absolute atomic E-state index is 14.2. The number of phenolic OH excluding ortho intramolecular Hbond substituents is 1. The van der Waals surface area contributed by atoms with Gasteiger partial charge in [0, 0.05) is 38.2 Å². The highest BCUT2D eigenvalue weighted by atomic mass is 16.4. The number of hydrogen-bond acceptors (Lipinski definition) is 10. The van der Waals surface area contributed by atoms with Crippen molar-refractivity contribution in [2.75, 3.05) is 6.54 Å². The third-order valence-electron chi connectivity index (χ3n) is 9.53. The zero-order valence-electron chi connectivity index (χ0n) is 34.7. The molecule has 20 heteroatoms. The molecule has 0 aliphatic rings. The molecular formula is C39H61N11O9. The molecule has 0 saturated carbocycles. The molecule has 0 radical (unpaired) electrons. The Morgan fingerprint density at radius 2 is 1.25 bits per heavy atom. The normalized spacial score (nSPS) is 14.7. The number of aliphatic carboxylic acids is 1. The summed E-state index contributed by atoms with van der Waals surface area (Å²) >= 11 is 0. The van der Waals surface area contributed by atoms with Gasteiger partial charge in [-0.3, -0.25) is 33.8 Å². The monoisotopic (exact) mass is 827 g/mol. The van der Waals surface area contributed by atoms with Gasteiger partial charge < -0.3 is 58.6 Å². The number of carbonyl (C=O) groups excluding carboxylic acids is 6. The number of benzene rings is 1. The number of rotatable bonds is 24. The average molecular weight is 828 g/mol. The molecule has 1 aromatic carbocycles. The van der Waals surface area contributed by atoms with Gasteiger partial charge in [0.25, 0.3) is 0 Å². The maximum atomic E-state index is 14.2. The van der Waals surface area contributed by atoms with E-state index in [2.05, 4.69) is 46.9 Å². The summed E-state index contributed by atoms with van der Waals surface area (Å²) in [4.78, 5) is 104. The van der Waals surface area contributed by atoms with E-state index in [0.717, 1.165) is 0 Å². The smallest absolute Gasteiger partial charge is 0.326 e. The van der Waals surface area contributed by atoms with Crippen LogP contribution < -0.4 is 43.4 Å². The lowest BCUT2D eigenvalue weighted by Gasteiger charge is -2.30. The Balaban J connectivity index is 2.42. The molecule has 0 spiro atoms. The predicted molar refractivity (Wildman–Crippen MR) is 218 cm³/mol. The maximum Gasteiger partial charge on any atom is 0.326 e. The molecule has 13 N–H and O–H groups in total. The molecule has 0 aliphatic heterocycles. The van der Waals surface area contributed by atoms with Gasteiger partial charge in [-0.25, -0.2) is 9.78 Å². The zero-order valence-corrected chi connectivity index (χ0v) is 34.7. The summed E-state index contributed by atoms with van der Waals surface area (Å²) in [5, 5.41) is 35.4. The second-order valence-electron chi connectivity index (χ2n) is 15.1. The number of carboxylic acids is 1. The van der Waals surface area contributed by atoms with Crippen molar-refractivity contribution in [3.05, 3.63) is 48.0 Å². The van der Waals surface area contributed by atoms with E-state index in [0.29, 0.717) is 17.7 Å². The Bertz CT molecular complexity index is 1750. The highest BCUT2D eigenvalue weighted by Crippen LogP contribution is 2.15. The number of imidazole rings is 1. The van der Waals surface area contributed by atoms with E-state index in [1.54, 1.807) is 46.8 Å². The molecule has 7 atom stereocenters. The molecular weight excluding hydrogens is 766 g/mol. The lowest BCUT2D eigenvalue weighted by Crippen LogP contribution is -2.61. The van der Waals surface area contributed by atoms with Gasteiger partial charge in [-0.2, -0.15) is 0 Å². The minimum atomic E-state index is -1.32. The number of aromatic amines is 1. The number of carbonyl (C=O) groups is 7. The molecule has 6 amide bonds. The summed E-state index contributed by atoms with van der Waals surface area (Å²) in [5.41, 5.74) is 11.9. The van der Waals surface area contributed by atoms with Crippen LogP contribution in [0.25, 0.3) is 0 Å². The average Bonchev–Trinajstić information content (AvgIpc) is 3.68. The van der Waals surface area contributed by atoms with Gasteiger partial charge in [0.2, 0.25) is 35.4 Å². The molecule has 59 heavy (non-hydrogen) atoms. The first kappa shape index (κ1) is 48.9. The van der Waals surface area contributed by atoms with Crippen LogP contribution in [0.5, 0.6) is 5.75 Å². The van der Waals surface area contributed by atoms with Crippen molar-refractivity contribution in [2.45, 2.75) is 117 Å². The summed E-state index contributed by atoms with van der Waals surface area (Å²) in [5.74, 6) is -7.06. The predicted octanol–water partition coefficient (Wildman–Crippen LogP) is -0.674. The molecule has 0 bridgehead atoms. The third kappa shape index (κ3) is 16.7. The Hall–Kier alpha value is -6.21. The number of phenols is 1. The van der Waals surface area contributed by atoms with Crippen molar-refractivity contribution in [1.82, 2.24) is 41.9 Å². The van der Waals surface area contributed by atoms with Gasteiger partial charge in [0.15, 0.2) is 5.96 Å². The number of aromatic hydroxyl groups is 1. The van der Waals surface area contributed by atoms with Crippen molar-refractivity contribution in [2.24, 2.45) is 34.2 Å². The molecule has 1 aromatic heterocycles. The minimum Gasteiger partial charge on any atom is -0.508 e. The fourth-order valence-corrected chi connectivity index (χ4v) is 5.96. The molecule has 2 aromatic rings. The van der Waals surface area contributed by atoms with E-state index in [-0.39, 0.29) is 43.9 Å². The van der Waals surface area contributed by atoms with Crippen LogP contribution in [0.3, 0.4) is 0 Å². The molecule has 0 aliphatic carbocycles. The number of carboxylic acid groups (broad SMARTS) is 1. The Morgan fingerprint density at radius 1 is 0.729 bits per heavy atom. The third-order valence-corrected chi connectivity index (χ3v) is 9.53. The number of guanidine groups is 1. The highest BCUT2D eigenvalue weighted by molar-refractivity contribution is 5.97. The van der Waals surface area contributed by atoms with Gasteiger partial charge in [-0.15, -0.1) is 0 Å². The zero-order chi connectivity index (χ0) is 44.4. The largest absolute Gasteiger partial charge is 0.508 e. The second kappa shape index (κ2) is 23.9. The van der Waals surface area contributed by atoms with Crippen LogP contribution in [0.2, 0.25) is 0 Å². The van der Waals surface area contributed by atoms with Gasteiger partial charge in [0.1, 0.15) is 42.0 Å². The Labute approximate surface area is 343 Å². The minimum absolute atomic E-state index is 0.0183. The van der Waals surface area contributed by atoms with Gasteiger partial charge in [-0.1, -0.05) is 60.1 Å². The van der Waals surface area contributed by atoms with Gasteiger partial charge >= 0.3 is 5.97 Å². The number of H-pyrrole nitrogens is 1. The lowest BCUT2D eigenvalue weighted by atomic mass is 9.96. The van der Waals surface area contributed by atoms with Crippen molar-refractivity contribution in [3.8, 4) is 5.75 Å². The Morgan fingerprint density at radius 3 is 1.76 bits per heavy atom. The van der Waals surface area contributed by atoms with Crippen LogP contribution in [0, 0.1) is 17.8 Å². The van der Waals surface area contributed by atoms with Crippen molar-refractivity contribution >= 4 is 47.4 Å². The summed E-state index contributed by atoms with van der Waals surface area (Å²) in [6.07, 6.45) is 3.59. The van der Waals surface area contributed by atoms with E-state index < -0.39 is 95.4 Å². The summed E-state index contributed by atoms with van der Waals surface area (Å²) < 4.78 is 0. The van der Waals surface area contributed by atoms with Crippen molar-refractivity contribution in [3.63, 3.8) is 0 Å². The van der Waals surface area contributed by atoms with Crippen molar-refractivity contribution in [1.29, 1.82) is 0 Å². The van der Waals surface area contributed by atoms with Gasteiger partial charge in [0.05, 0.1) is 6.33 Å². The molecule has 0 saturated heterocycles. The first-order chi connectivity index (χ1) is 27.7. The quantitative estimate of drug-likeness (QED) is 0.0357. The van der Waals surface area contributed by atoms with E-state index in [4.69, 9.17) is 11.5 Å². The van der Waals surface area contributed by atoms with E-state index in [1.807, 2.05) is 6.92 Å². The van der Waals surface area contributed by atoms with Crippen LogP contribution in [0.1, 0.15) is 79.0 Å². The number of nitrogens with two attached hydrogens (primary N) is 2. The number of hydrogen-bond donors (Lipinski definition) is 11. The lowest BCUT2D eigenvalue weighted by molar-refractivity contribution is -0.143. The number of aliphatic imine (C=N–C) groups is 1. The van der Waals surface area contributed by atoms with E-state index in [1.165, 1.54) is 31.6 Å². The first-order valence-electron chi connectivity index (χ1n) is 19.6. The fraction of sp³-hybridized carbons (Fsp3) is 0.564. The molecule has 20 nitrogen and oxygen atoms in total. The molecule has 0 fully saturated rings. The van der Waals surface area contributed by atoms with Crippen molar-refractivity contribution < 1.29 is 43.8 Å². The van der Waals surface area contributed by atoms with Crippen LogP contribution in [0.15, 0.2) is 41.8 Å². The number of amides is 6. The topological polar surface area (TPSA) is 325 Å². The van der Waals surface area contributed by atoms with Crippen LogP contribution in [-0.4, -0.2) is 110 Å². The van der Waals surface area contributed by atoms with Crippen LogP contribution >= 0.6 is 0 Å². The fourth-order valence-electron chi connectivity index (χ4n) is 5.96. The number of nitrogens with zero attached hydrogens (tertiary/aromatic N) is 2. The molecule has 1 heterocycles. The standard InChI is InChI=1S/C39H61N11O9/c1-8-22(6)32(50-35(55)29(45-23(7)51)17-25-18-42-19-44-25)37(57)47-28(16-24-11-13-26(52)14-12-24)34(54)48-30(20(2)3)36(56)46-27(10-9-15-43-39(40)41)33(53)49-31(21(4)5)38(58)59/h11-14,18-22,27-32,52H,8-10,15-17H2,1-7H3,(H,42,44)(H,45,51)(H,46,56)(H,47,57)(H,48,54)(H,49,53)(H,50,55)(H,58,59)(H4,40,41,43)/t22-,27-,28-,29-,30-,31-,32-/m0/s1. The SMILES string of the molecule is CC[C@H](C)[C@H](NC(=O)[C@H](Cc1cnc[nH]1)NC(C)=O)C(=O)N[C@@H](Cc1ccc(O)cc1)C(=O)N[C@H](C(=O)N[C@@H](CCCN=C(N)N)C(=O)N[C@H](C(=O)O)C(C)C)C(C)C.